The van der Waals surface area contributed by atoms with Gasteiger partial charge < -0.3 is 10.2 Å². The van der Waals surface area contributed by atoms with Gasteiger partial charge in [0.1, 0.15) is 5.69 Å². The van der Waals surface area contributed by atoms with Gasteiger partial charge in [0.15, 0.2) is 5.82 Å². The van der Waals surface area contributed by atoms with Gasteiger partial charge in [-0.2, -0.15) is 5.10 Å². The molecule has 1 aliphatic heterocycles. The Bertz CT molecular complexity index is 1260. The second kappa shape index (κ2) is 10.5. The topological polar surface area (TPSA) is 79.2 Å². The van der Waals surface area contributed by atoms with Crippen molar-refractivity contribution in [1.82, 2.24) is 30.0 Å². The number of carbonyl (C=O) groups is 1. The van der Waals surface area contributed by atoms with Gasteiger partial charge >= 0.3 is 0 Å². The van der Waals surface area contributed by atoms with Gasteiger partial charge in [0.05, 0.1) is 11.9 Å². The highest BCUT2D eigenvalue weighted by Crippen LogP contribution is 2.28. The normalized spacial score (nSPS) is 14.1. The van der Waals surface area contributed by atoms with Gasteiger partial charge in [0, 0.05) is 75.9 Å². The second-order valence-corrected chi connectivity index (χ2v) is 8.73. The van der Waals surface area contributed by atoms with E-state index in [0.29, 0.717) is 6.54 Å². The Morgan fingerprint density at radius 2 is 1.66 bits per heavy atom. The lowest BCUT2D eigenvalue weighted by Crippen LogP contribution is -2.46. The number of amides is 1. The summed E-state index contributed by atoms with van der Waals surface area (Å²) in [5, 5.41) is 7.36. The summed E-state index contributed by atoms with van der Waals surface area (Å²) in [5.74, 6) is 0.883. The van der Waals surface area contributed by atoms with Crippen molar-refractivity contribution in [2.24, 2.45) is 0 Å². The summed E-state index contributed by atoms with van der Waals surface area (Å²) in [6, 6.07) is 18.3. The molecular formula is C27H29N7O. The van der Waals surface area contributed by atoms with Gasteiger partial charge in [-0.15, -0.1) is 0 Å². The second-order valence-electron chi connectivity index (χ2n) is 8.73. The summed E-state index contributed by atoms with van der Waals surface area (Å²) in [5.41, 5.74) is 5.24. The number of piperazine rings is 1. The van der Waals surface area contributed by atoms with E-state index in [1.165, 1.54) is 12.5 Å². The lowest BCUT2D eigenvalue weighted by molar-refractivity contribution is -0.119. The largest absolute Gasteiger partial charge is 0.352 e. The molecule has 5 rings (SSSR count). The highest BCUT2D eigenvalue weighted by atomic mass is 16.1. The average Bonchev–Trinajstić information content (AvgIpc) is 3.37. The molecule has 1 aliphatic rings. The number of nitrogens with zero attached hydrogens (tertiary/aromatic N) is 6. The molecule has 178 valence electrons. The smallest absolute Gasteiger partial charge is 0.217 e. The van der Waals surface area contributed by atoms with Crippen LogP contribution < -0.4 is 10.2 Å². The molecule has 0 aliphatic carbocycles. The van der Waals surface area contributed by atoms with Crippen LogP contribution in [-0.4, -0.2) is 56.7 Å². The summed E-state index contributed by atoms with van der Waals surface area (Å²) in [7, 11) is 0. The Morgan fingerprint density at radius 3 is 2.40 bits per heavy atom. The third kappa shape index (κ3) is 5.55. The predicted octanol–water partition coefficient (Wildman–Crippen LogP) is 3.29. The van der Waals surface area contributed by atoms with Gasteiger partial charge in [0.25, 0.3) is 0 Å². The molecule has 1 saturated heterocycles. The van der Waals surface area contributed by atoms with Gasteiger partial charge in [-0.3, -0.25) is 14.7 Å². The molecule has 0 bridgehead atoms. The van der Waals surface area contributed by atoms with Crippen LogP contribution in [0, 0.1) is 0 Å². The van der Waals surface area contributed by atoms with Crippen molar-refractivity contribution < 1.29 is 4.79 Å². The molecule has 1 N–H and O–H groups in total. The zero-order valence-electron chi connectivity index (χ0n) is 19.8. The fourth-order valence-corrected chi connectivity index (χ4v) is 4.31. The fraction of sp³-hybridized carbons (Fsp3) is 0.259. The summed E-state index contributed by atoms with van der Waals surface area (Å²) in [4.78, 5) is 25.3. The van der Waals surface area contributed by atoms with Crippen LogP contribution >= 0.6 is 0 Å². The number of hydrogen-bond donors (Lipinski definition) is 1. The van der Waals surface area contributed by atoms with E-state index in [4.69, 9.17) is 0 Å². The first kappa shape index (κ1) is 22.7. The maximum atomic E-state index is 11.2. The van der Waals surface area contributed by atoms with E-state index >= 15 is 0 Å². The number of carbonyl (C=O) groups excluding carboxylic acids is 1. The Labute approximate surface area is 205 Å². The minimum absolute atomic E-state index is 0.0329. The predicted molar refractivity (Wildman–Crippen MR) is 136 cm³/mol. The number of nitrogens with one attached hydrogen (secondary N) is 1. The van der Waals surface area contributed by atoms with E-state index in [0.717, 1.165) is 61.0 Å². The number of aromatic nitrogens is 4. The van der Waals surface area contributed by atoms with E-state index in [1.54, 1.807) is 12.4 Å². The number of rotatable bonds is 7. The first-order chi connectivity index (χ1) is 17.2. The van der Waals surface area contributed by atoms with Crippen molar-refractivity contribution in [3.05, 3.63) is 90.5 Å². The summed E-state index contributed by atoms with van der Waals surface area (Å²) < 4.78 is 1.93. The van der Waals surface area contributed by atoms with Crippen molar-refractivity contribution >= 4 is 11.7 Å². The minimum Gasteiger partial charge on any atom is -0.352 e. The number of hydrogen-bond acceptors (Lipinski definition) is 6. The van der Waals surface area contributed by atoms with Crippen LogP contribution in [-0.2, 0) is 17.9 Å². The molecule has 8 heteroatoms. The number of anilines is 1. The van der Waals surface area contributed by atoms with Crippen LogP contribution in [0.25, 0.3) is 16.9 Å². The van der Waals surface area contributed by atoms with Crippen LogP contribution in [0.2, 0.25) is 0 Å². The van der Waals surface area contributed by atoms with E-state index in [9.17, 15) is 4.79 Å². The van der Waals surface area contributed by atoms with Gasteiger partial charge in [-0.25, -0.2) is 9.67 Å². The van der Waals surface area contributed by atoms with Crippen LogP contribution in [0.4, 0.5) is 5.82 Å². The van der Waals surface area contributed by atoms with Gasteiger partial charge in [-0.05, 0) is 17.7 Å². The highest BCUT2D eigenvalue weighted by Gasteiger charge is 2.22. The van der Waals surface area contributed by atoms with Gasteiger partial charge in [-0.1, -0.05) is 42.5 Å². The minimum atomic E-state index is -0.0329. The van der Waals surface area contributed by atoms with E-state index in [-0.39, 0.29) is 5.91 Å². The maximum Gasteiger partial charge on any atom is 0.217 e. The SMILES string of the molecule is CC(=O)NCc1ccc(-c2nccnc2N2CCN(Cc3cnn(-c4ccccc4)c3)CC2)cc1. The van der Waals surface area contributed by atoms with E-state index < -0.39 is 0 Å². The van der Waals surface area contributed by atoms with Crippen LogP contribution in [0.5, 0.6) is 0 Å². The molecule has 0 unspecified atom stereocenters. The van der Waals surface area contributed by atoms with Crippen molar-refractivity contribution in [2.45, 2.75) is 20.0 Å². The zero-order chi connectivity index (χ0) is 24.0. The molecule has 2 aromatic carbocycles. The molecule has 0 radical (unpaired) electrons. The van der Waals surface area contributed by atoms with E-state index in [1.807, 2.05) is 53.3 Å². The molecule has 0 saturated carbocycles. The Hall–Kier alpha value is -4.04. The first-order valence-electron chi connectivity index (χ1n) is 11.9. The standard InChI is InChI=1S/C27H29N7O/c1-21(35)30-17-22-7-9-24(10-8-22)26-27(29-12-11-28-26)33-15-13-32(14-16-33)19-23-18-31-34(20-23)25-5-3-2-4-6-25/h2-12,18,20H,13-17,19H2,1H3,(H,30,35). The quantitative estimate of drug-likeness (QED) is 0.449. The summed E-state index contributed by atoms with van der Waals surface area (Å²) in [6.45, 7) is 6.60. The molecule has 1 amide bonds. The van der Waals surface area contributed by atoms with Gasteiger partial charge in [0.2, 0.25) is 5.91 Å². The molecule has 0 atom stereocenters. The van der Waals surface area contributed by atoms with Crippen LogP contribution in [0.3, 0.4) is 0 Å². The van der Waals surface area contributed by atoms with Crippen molar-refractivity contribution in [3.8, 4) is 16.9 Å². The molecule has 8 nitrogen and oxygen atoms in total. The molecule has 3 heterocycles. The van der Waals surface area contributed by atoms with Crippen molar-refractivity contribution in [2.75, 3.05) is 31.1 Å². The molecule has 4 aromatic rings. The molecule has 35 heavy (non-hydrogen) atoms. The summed E-state index contributed by atoms with van der Waals surface area (Å²) >= 11 is 0. The van der Waals surface area contributed by atoms with Crippen LogP contribution in [0.1, 0.15) is 18.1 Å². The zero-order valence-corrected chi connectivity index (χ0v) is 19.8. The van der Waals surface area contributed by atoms with Crippen molar-refractivity contribution in [1.29, 1.82) is 0 Å². The Balaban J connectivity index is 1.22. The lowest BCUT2D eigenvalue weighted by atomic mass is 10.1. The van der Waals surface area contributed by atoms with Crippen molar-refractivity contribution in [3.63, 3.8) is 0 Å². The lowest BCUT2D eigenvalue weighted by Gasteiger charge is -2.35. The fourth-order valence-electron chi connectivity index (χ4n) is 4.31. The Morgan fingerprint density at radius 1 is 0.914 bits per heavy atom. The highest BCUT2D eigenvalue weighted by molar-refractivity contribution is 5.73. The maximum absolute atomic E-state index is 11.2. The average molecular weight is 468 g/mol. The first-order valence-corrected chi connectivity index (χ1v) is 11.9. The third-order valence-electron chi connectivity index (χ3n) is 6.18. The number of benzene rings is 2. The third-order valence-corrected chi connectivity index (χ3v) is 6.18. The monoisotopic (exact) mass is 467 g/mol. The molecular weight excluding hydrogens is 438 g/mol. The molecule has 2 aromatic heterocycles. The van der Waals surface area contributed by atoms with Crippen LogP contribution in [0.15, 0.2) is 79.4 Å². The molecule has 0 spiro atoms. The molecule has 1 fully saturated rings. The Kier molecular flexibility index (Phi) is 6.81. The number of para-hydroxylation sites is 1. The van der Waals surface area contributed by atoms with E-state index in [2.05, 4.69) is 48.5 Å². The summed E-state index contributed by atoms with van der Waals surface area (Å²) in [6.07, 6.45) is 7.56.